The van der Waals surface area contributed by atoms with Gasteiger partial charge in [0.25, 0.3) is 0 Å². The van der Waals surface area contributed by atoms with E-state index in [2.05, 4.69) is 45.5 Å². The molecule has 0 atom stereocenters. The first kappa shape index (κ1) is 12.3. The maximum absolute atomic E-state index is 5.86. The molecule has 0 bridgehead atoms. The average Bonchev–Trinajstić information content (AvgIpc) is 2.89. The van der Waals surface area contributed by atoms with Crippen LogP contribution in [0.15, 0.2) is 54.9 Å². The quantitative estimate of drug-likeness (QED) is 0.531. The zero-order chi connectivity index (χ0) is 14.2. The summed E-state index contributed by atoms with van der Waals surface area (Å²) in [6, 6.07) is 16.4. The minimum Gasteiger partial charge on any atom is -0.269 e. The molecule has 4 rings (SSSR count). The number of aromatic nitrogens is 4. The Kier molecular flexibility index (Phi) is 2.82. The number of hydrogen-bond acceptors (Lipinski definition) is 3. The summed E-state index contributed by atoms with van der Waals surface area (Å²) in [5.74, 6) is 0.851. The molecule has 0 unspecified atom stereocenters. The van der Waals surface area contributed by atoms with Crippen LogP contribution in [0, 0.1) is 0 Å². The van der Waals surface area contributed by atoms with Gasteiger partial charge in [0.1, 0.15) is 17.3 Å². The van der Waals surface area contributed by atoms with Crippen molar-refractivity contribution in [3.63, 3.8) is 0 Å². The second kappa shape index (κ2) is 4.82. The third kappa shape index (κ3) is 2.23. The van der Waals surface area contributed by atoms with Gasteiger partial charge in [-0.25, -0.2) is 4.98 Å². The fourth-order valence-corrected chi connectivity index (χ4v) is 2.61. The molecule has 0 radical (unpaired) electrons. The van der Waals surface area contributed by atoms with E-state index in [1.165, 1.54) is 16.3 Å². The molecule has 0 aliphatic heterocycles. The summed E-state index contributed by atoms with van der Waals surface area (Å²) in [5.41, 5.74) is 1.91. The van der Waals surface area contributed by atoms with Crippen LogP contribution in [0.25, 0.3) is 16.4 Å². The van der Waals surface area contributed by atoms with Crippen molar-refractivity contribution in [3.05, 3.63) is 71.4 Å². The molecular formula is C16H11ClN4. The number of rotatable bonds is 2. The predicted octanol–water partition coefficient (Wildman–Crippen LogP) is 3.52. The summed E-state index contributed by atoms with van der Waals surface area (Å²) in [6.07, 6.45) is 2.36. The highest BCUT2D eigenvalue weighted by Crippen LogP contribution is 2.18. The largest absolute Gasteiger partial charge is 0.269 e. The highest BCUT2D eigenvalue weighted by atomic mass is 35.5. The molecule has 2 aromatic carbocycles. The molecule has 4 aromatic rings. The zero-order valence-corrected chi connectivity index (χ0v) is 11.8. The number of halogens is 1. The Morgan fingerprint density at radius 2 is 1.81 bits per heavy atom. The normalized spacial score (nSPS) is 11.3. The van der Waals surface area contributed by atoms with Gasteiger partial charge in [0.05, 0.1) is 0 Å². The van der Waals surface area contributed by atoms with Crippen LogP contribution >= 0.6 is 11.6 Å². The lowest BCUT2D eigenvalue weighted by molar-refractivity contribution is 0.920. The van der Waals surface area contributed by atoms with E-state index in [1.807, 2.05) is 16.5 Å². The van der Waals surface area contributed by atoms with E-state index in [4.69, 9.17) is 11.6 Å². The van der Waals surface area contributed by atoms with Crippen LogP contribution in [0.1, 0.15) is 11.4 Å². The third-order valence-corrected chi connectivity index (χ3v) is 3.72. The molecular weight excluding hydrogens is 284 g/mol. The monoisotopic (exact) mass is 294 g/mol. The Balaban J connectivity index is 1.75. The van der Waals surface area contributed by atoms with Gasteiger partial charge in [-0.15, -0.1) is 10.2 Å². The summed E-state index contributed by atoms with van der Waals surface area (Å²) in [7, 11) is 0. The van der Waals surface area contributed by atoms with Crippen LogP contribution in [-0.2, 0) is 6.42 Å². The smallest absolute Gasteiger partial charge is 0.165 e. The Morgan fingerprint density at radius 3 is 2.71 bits per heavy atom. The molecule has 0 saturated carbocycles. The zero-order valence-electron chi connectivity index (χ0n) is 11.1. The second-order valence-corrected chi connectivity index (χ2v) is 5.30. The molecule has 0 saturated heterocycles. The molecule has 102 valence electrons. The van der Waals surface area contributed by atoms with Gasteiger partial charge in [0, 0.05) is 12.5 Å². The third-order valence-electron chi connectivity index (χ3n) is 3.51. The van der Waals surface area contributed by atoms with E-state index in [9.17, 15) is 0 Å². The predicted molar refractivity (Wildman–Crippen MR) is 82.5 cm³/mol. The first-order chi connectivity index (χ1) is 10.3. The molecule has 2 aromatic heterocycles. The molecule has 0 fully saturated rings. The number of fused-ring (bicyclic) bond motifs is 2. The van der Waals surface area contributed by atoms with Crippen LogP contribution in [0.2, 0.25) is 5.15 Å². The van der Waals surface area contributed by atoms with Gasteiger partial charge in [-0.1, -0.05) is 54.1 Å². The lowest BCUT2D eigenvalue weighted by Crippen LogP contribution is -1.97. The molecule has 21 heavy (non-hydrogen) atoms. The first-order valence-electron chi connectivity index (χ1n) is 6.62. The second-order valence-electron chi connectivity index (χ2n) is 4.91. The Morgan fingerprint density at radius 1 is 0.952 bits per heavy atom. The minimum absolute atomic E-state index is 0.423. The van der Waals surface area contributed by atoms with Crippen molar-refractivity contribution < 1.29 is 0 Å². The van der Waals surface area contributed by atoms with Crippen LogP contribution in [0.5, 0.6) is 0 Å². The molecule has 0 aliphatic carbocycles. The van der Waals surface area contributed by atoms with Gasteiger partial charge in [0.2, 0.25) is 0 Å². The van der Waals surface area contributed by atoms with Gasteiger partial charge in [-0.2, -0.15) is 0 Å². The molecule has 5 heteroatoms. The Bertz CT molecular complexity index is 945. The molecule has 0 N–H and O–H groups in total. The fourth-order valence-electron chi connectivity index (χ4n) is 2.47. The Labute approximate surface area is 126 Å². The van der Waals surface area contributed by atoms with E-state index in [0.29, 0.717) is 17.2 Å². The number of benzene rings is 2. The van der Waals surface area contributed by atoms with E-state index >= 15 is 0 Å². The molecule has 0 amide bonds. The van der Waals surface area contributed by atoms with Crippen LogP contribution in [0.4, 0.5) is 0 Å². The topological polar surface area (TPSA) is 43.1 Å². The highest BCUT2D eigenvalue weighted by molar-refractivity contribution is 6.29. The molecule has 0 aliphatic rings. The van der Waals surface area contributed by atoms with E-state index in [1.54, 1.807) is 12.4 Å². The van der Waals surface area contributed by atoms with Gasteiger partial charge >= 0.3 is 0 Å². The molecule has 2 heterocycles. The summed E-state index contributed by atoms with van der Waals surface area (Å²) in [4.78, 5) is 4.08. The van der Waals surface area contributed by atoms with E-state index in [-0.39, 0.29) is 0 Å². The summed E-state index contributed by atoms with van der Waals surface area (Å²) < 4.78 is 1.86. The summed E-state index contributed by atoms with van der Waals surface area (Å²) in [5, 5.41) is 11.2. The van der Waals surface area contributed by atoms with E-state index in [0.717, 1.165) is 5.82 Å². The molecule has 0 spiro atoms. The van der Waals surface area contributed by atoms with Gasteiger partial charge < -0.3 is 0 Å². The van der Waals surface area contributed by atoms with Gasteiger partial charge in [-0.05, 0) is 16.3 Å². The Hall–Kier alpha value is -2.46. The maximum atomic E-state index is 5.86. The van der Waals surface area contributed by atoms with Crippen LogP contribution in [-0.4, -0.2) is 19.6 Å². The van der Waals surface area contributed by atoms with Crippen LogP contribution < -0.4 is 0 Å². The standard InChI is InChI=1S/C16H11ClN4/c17-14-9-16-20-19-15(21(16)10-18-14)8-11-5-6-12-3-1-2-4-13(12)7-11/h1-7,9-10H,8H2. The van der Waals surface area contributed by atoms with Crippen LogP contribution in [0.3, 0.4) is 0 Å². The van der Waals surface area contributed by atoms with Crippen molar-refractivity contribution in [2.24, 2.45) is 0 Å². The first-order valence-corrected chi connectivity index (χ1v) is 7.00. The van der Waals surface area contributed by atoms with Crippen molar-refractivity contribution in [1.82, 2.24) is 19.6 Å². The average molecular weight is 295 g/mol. The number of nitrogens with zero attached hydrogens (tertiary/aromatic N) is 4. The maximum Gasteiger partial charge on any atom is 0.165 e. The van der Waals surface area contributed by atoms with E-state index < -0.39 is 0 Å². The lowest BCUT2D eigenvalue weighted by atomic mass is 10.1. The van der Waals surface area contributed by atoms with Crippen molar-refractivity contribution in [2.75, 3.05) is 0 Å². The SMILES string of the molecule is Clc1cc2nnc(Cc3ccc4ccccc4c3)n2cn1. The van der Waals surface area contributed by atoms with Gasteiger partial charge in [0.15, 0.2) is 5.65 Å². The summed E-state index contributed by atoms with van der Waals surface area (Å²) in [6.45, 7) is 0. The lowest BCUT2D eigenvalue weighted by Gasteiger charge is -2.03. The van der Waals surface area contributed by atoms with Gasteiger partial charge in [-0.3, -0.25) is 4.40 Å². The molecule has 4 nitrogen and oxygen atoms in total. The van der Waals surface area contributed by atoms with Crippen molar-refractivity contribution in [1.29, 1.82) is 0 Å². The number of hydrogen-bond donors (Lipinski definition) is 0. The minimum atomic E-state index is 0.423. The van der Waals surface area contributed by atoms with Crippen molar-refractivity contribution in [2.45, 2.75) is 6.42 Å². The van der Waals surface area contributed by atoms with Crippen molar-refractivity contribution >= 4 is 28.0 Å². The van der Waals surface area contributed by atoms with Crippen molar-refractivity contribution in [3.8, 4) is 0 Å². The fraction of sp³-hybridized carbons (Fsp3) is 0.0625. The summed E-state index contributed by atoms with van der Waals surface area (Å²) >= 11 is 5.86. The highest BCUT2D eigenvalue weighted by Gasteiger charge is 2.07.